The molecule has 0 radical (unpaired) electrons. The first-order chi connectivity index (χ1) is 13.0. The van der Waals surface area contributed by atoms with Crippen LogP contribution in [-0.4, -0.2) is 46.3 Å². The number of amides is 2. The summed E-state index contributed by atoms with van der Waals surface area (Å²) in [5.74, 6) is -0.417. The second kappa shape index (κ2) is 8.57. The van der Waals surface area contributed by atoms with Crippen molar-refractivity contribution in [2.75, 3.05) is 19.6 Å². The van der Waals surface area contributed by atoms with E-state index in [0.29, 0.717) is 25.2 Å². The standard InChI is InChI=1S/C19H21FN4O3/c20-15-3-1-2-14(8-15)9-17(25)22-10-13-4-6-24(7-5-13)19(27)16-11-23-18(26)12-21-16/h1-3,8,11-13H,4-7,9-10H2,(H,22,25)(H,23,26). The molecule has 2 aromatic rings. The van der Waals surface area contributed by atoms with Crippen molar-refractivity contribution in [2.24, 2.45) is 5.92 Å². The van der Waals surface area contributed by atoms with E-state index in [1.165, 1.54) is 18.3 Å². The summed E-state index contributed by atoms with van der Waals surface area (Å²) in [7, 11) is 0. The van der Waals surface area contributed by atoms with Gasteiger partial charge in [0.15, 0.2) is 0 Å². The Morgan fingerprint density at radius 3 is 2.74 bits per heavy atom. The summed E-state index contributed by atoms with van der Waals surface area (Å²) in [5, 5.41) is 2.89. The first-order valence-corrected chi connectivity index (χ1v) is 8.86. The van der Waals surface area contributed by atoms with Crippen molar-refractivity contribution in [3.63, 3.8) is 0 Å². The van der Waals surface area contributed by atoms with E-state index in [9.17, 15) is 18.8 Å². The van der Waals surface area contributed by atoms with Gasteiger partial charge in [-0.05, 0) is 36.5 Å². The molecule has 8 heteroatoms. The van der Waals surface area contributed by atoms with Gasteiger partial charge in [-0.3, -0.25) is 14.4 Å². The van der Waals surface area contributed by atoms with Crippen molar-refractivity contribution < 1.29 is 14.0 Å². The Morgan fingerprint density at radius 1 is 1.30 bits per heavy atom. The second-order valence-corrected chi connectivity index (χ2v) is 6.64. The molecule has 0 saturated carbocycles. The number of hydrogen-bond donors (Lipinski definition) is 2. The molecule has 0 bridgehead atoms. The first kappa shape index (κ1) is 18.8. The van der Waals surface area contributed by atoms with Crippen molar-refractivity contribution in [1.29, 1.82) is 0 Å². The quantitative estimate of drug-likeness (QED) is 0.822. The number of aromatic amines is 1. The van der Waals surface area contributed by atoms with Crippen LogP contribution in [0.2, 0.25) is 0 Å². The lowest BCUT2D eigenvalue weighted by molar-refractivity contribution is -0.120. The second-order valence-electron chi connectivity index (χ2n) is 6.64. The topological polar surface area (TPSA) is 95.2 Å². The highest BCUT2D eigenvalue weighted by atomic mass is 19.1. The minimum absolute atomic E-state index is 0.142. The number of nitrogens with zero attached hydrogens (tertiary/aromatic N) is 2. The third-order valence-corrected chi connectivity index (χ3v) is 4.63. The molecule has 1 aliphatic rings. The van der Waals surface area contributed by atoms with E-state index in [4.69, 9.17) is 0 Å². The van der Waals surface area contributed by atoms with Gasteiger partial charge in [0, 0.05) is 25.8 Å². The fraction of sp³-hybridized carbons (Fsp3) is 0.368. The predicted molar refractivity (Wildman–Crippen MR) is 96.6 cm³/mol. The summed E-state index contributed by atoms with van der Waals surface area (Å²) in [6.07, 6.45) is 4.11. The number of aromatic nitrogens is 2. The number of hydrogen-bond acceptors (Lipinski definition) is 4. The maximum Gasteiger partial charge on any atom is 0.273 e. The summed E-state index contributed by atoms with van der Waals surface area (Å²) in [6, 6.07) is 6.01. The highest BCUT2D eigenvalue weighted by Crippen LogP contribution is 2.18. The van der Waals surface area contributed by atoms with Gasteiger partial charge in [-0.25, -0.2) is 9.37 Å². The van der Waals surface area contributed by atoms with Crippen LogP contribution < -0.4 is 10.9 Å². The smallest absolute Gasteiger partial charge is 0.273 e. The molecule has 1 saturated heterocycles. The van der Waals surface area contributed by atoms with Gasteiger partial charge >= 0.3 is 0 Å². The van der Waals surface area contributed by atoms with Crippen LogP contribution in [0.15, 0.2) is 41.5 Å². The van der Waals surface area contributed by atoms with Gasteiger partial charge in [0.05, 0.1) is 12.6 Å². The molecule has 2 heterocycles. The Morgan fingerprint density at radius 2 is 2.07 bits per heavy atom. The zero-order valence-corrected chi connectivity index (χ0v) is 14.8. The number of likely N-dealkylation sites (tertiary alicyclic amines) is 1. The molecule has 0 unspecified atom stereocenters. The third-order valence-electron chi connectivity index (χ3n) is 4.63. The van der Waals surface area contributed by atoms with E-state index in [1.807, 2.05) is 0 Å². The number of rotatable bonds is 5. The number of halogens is 1. The molecule has 142 valence electrons. The van der Waals surface area contributed by atoms with Crippen LogP contribution >= 0.6 is 0 Å². The molecule has 1 aliphatic heterocycles. The largest absolute Gasteiger partial charge is 0.356 e. The average molecular weight is 372 g/mol. The van der Waals surface area contributed by atoms with Crippen LogP contribution in [0, 0.1) is 11.7 Å². The van der Waals surface area contributed by atoms with Crippen LogP contribution in [0.25, 0.3) is 0 Å². The van der Waals surface area contributed by atoms with Gasteiger partial charge in [-0.2, -0.15) is 0 Å². The molecular formula is C19H21FN4O3. The zero-order chi connectivity index (χ0) is 19.2. The maximum absolute atomic E-state index is 13.2. The highest BCUT2D eigenvalue weighted by molar-refractivity contribution is 5.92. The van der Waals surface area contributed by atoms with Gasteiger partial charge in [0.25, 0.3) is 11.5 Å². The van der Waals surface area contributed by atoms with Crippen molar-refractivity contribution in [3.05, 3.63) is 64.1 Å². The molecule has 27 heavy (non-hydrogen) atoms. The highest BCUT2D eigenvalue weighted by Gasteiger charge is 2.24. The van der Waals surface area contributed by atoms with Crippen molar-refractivity contribution in [2.45, 2.75) is 19.3 Å². The molecular weight excluding hydrogens is 351 g/mol. The number of H-pyrrole nitrogens is 1. The Kier molecular flexibility index (Phi) is 5.95. The Bertz CT molecular complexity index is 855. The van der Waals surface area contributed by atoms with Gasteiger partial charge in [-0.15, -0.1) is 0 Å². The first-order valence-electron chi connectivity index (χ1n) is 8.86. The molecule has 1 aromatic heterocycles. The minimum atomic E-state index is -0.352. The minimum Gasteiger partial charge on any atom is -0.356 e. The van der Waals surface area contributed by atoms with Crippen molar-refractivity contribution >= 4 is 11.8 Å². The number of benzene rings is 1. The van der Waals surface area contributed by atoms with E-state index in [-0.39, 0.29) is 41.2 Å². The van der Waals surface area contributed by atoms with Gasteiger partial charge in [-0.1, -0.05) is 12.1 Å². The average Bonchev–Trinajstić information content (AvgIpc) is 2.67. The molecule has 7 nitrogen and oxygen atoms in total. The molecule has 0 atom stereocenters. The van der Waals surface area contributed by atoms with Crippen LogP contribution in [-0.2, 0) is 11.2 Å². The number of carbonyl (C=O) groups is 2. The van der Waals surface area contributed by atoms with Crippen LogP contribution in [0.3, 0.4) is 0 Å². The zero-order valence-electron chi connectivity index (χ0n) is 14.8. The third kappa shape index (κ3) is 5.22. The lowest BCUT2D eigenvalue weighted by Crippen LogP contribution is -2.42. The van der Waals surface area contributed by atoms with Crippen molar-refractivity contribution in [1.82, 2.24) is 20.2 Å². The molecule has 1 fully saturated rings. The van der Waals surface area contributed by atoms with Crippen LogP contribution in [0.5, 0.6) is 0 Å². The van der Waals surface area contributed by atoms with Gasteiger partial charge in [0.2, 0.25) is 5.91 Å². The lowest BCUT2D eigenvalue weighted by atomic mass is 9.96. The Labute approximate surface area is 155 Å². The monoisotopic (exact) mass is 372 g/mol. The summed E-state index contributed by atoms with van der Waals surface area (Å²) in [6.45, 7) is 1.68. The van der Waals surface area contributed by atoms with Crippen LogP contribution in [0.4, 0.5) is 4.39 Å². The number of carbonyl (C=O) groups excluding carboxylic acids is 2. The maximum atomic E-state index is 13.2. The van der Waals surface area contributed by atoms with E-state index in [0.717, 1.165) is 19.0 Å². The predicted octanol–water partition coefficient (Wildman–Crippen LogP) is 1.12. The fourth-order valence-corrected chi connectivity index (χ4v) is 3.11. The summed E-state index contributed by atoms with van der Waals surface area (Å²) < 4.78 is 13.2. The Hall–Kier alpha value is -3.03. The fourth-order valence-electron chi connectivity index (χ4n) is 3.11. The summed E-state index contributed by atoms with van der Waals surface area (Å²) in [5.41, 5.74) is 0.511. The lowest BCUT2D eigenvalue weighted by Gasteiger charge is -2.31. The van der Waals surface area contributed by atoms with Gasteiger partial charge < -0.3 is 15.2 Å². The number of nitrogens with one attached hydrogen (secondary N) is 2. The molecule has 0 aliphatic carbocycles. The number of piperidine rings is 1. The Balaban J connectivity index is 1.42. The summed E-state index contributed by atoms with van der Waals surface area (Å²) in [4.78, 5) is 43.4. The molecule has 2 amide bonds. The summed E-state index contributed by atoms with van der Waals surface area (Å²) >= 11 is 0. The van der Waals surface area contributed by atoms with E-state index in [1.54, 1.807) is 17.0 Å². The van der Waals surface area contributed by atoms with Gasteiger partial charge in [0.1, 0.15) is 11.5 Å². The normalized spacial score (nSPS) is 14.8. The molecule has 2 N–H and O–H groups in total. The molecule has 0 spiro atoms. The SMILES string of the molecule is O=C(Cc1cccc(F)c1)NCC1CCN(C(=O)c2c[nH]c(=O)cn2)CC1. The molecule has 3 rings (SSSR count). The van der Waals surface area contributed by atoms with E-state index in [2.05, 4.69) is 15.3 Å². The van der Waals surface area contributed by atoms with Crippen molar-refractivity contribution in [3.8, 4) is 0 Å². The van der Waals surface area contributed by atoms with Crippen LogP contribution in [0.1, 0.15) is 28.9 Å². The van der Waals surface area contributed by atoms with E-state index >= 15 is 0 Å². The van der Waals surface area contributed by atoms with E-state index < -0.39 is 0 Å². The molecule has 1 aromatic carbocycles.